The zero-order valence-corrected chi connectivity index (χ0v) is 16.3. The van der Waals surface area contributed by atoms with Gasteiger partial charge in [0.2, 0.25) is 0 Å². The van der Waals surface area contributed by atoms with Gasteiger partial charge in [-0.05, 0) is 48.7 Å². The third-order valence-corrected chi connectivity index (χ3v) is 4.81. The molecule has 0 aliphatic heterocycles. The first-order valence-corrected chi connectivity index (χ1v) is 9.49. The average Bonchev–Trinajstić information content (AvgIpc) is 2.73. The lowest BCUT2D eigenvalue weighted by Crippen LogP contribution is -2.07. The molecule has 0 aliphatic rings. The Bertz CT molecular complexity index is 1240. The van der Waals surface area contributed by atoms with Crippen LogP contribution >= 0.6 is 0 Å². The summed E-state index contributed by atoms with van der Waals surface area (Å²) in [5.41, 5.74) is 4.52. The van der Waals surface area contributed by atoms with Gasteiger partial charge in [-0.3, -0.25) is 0 Å². The molecular formula is C25H20O4. The van der Waals surface area contributed by atoms with Crippen LogP contribution in [0.25, 0.3) is 33.2 Å². The molecule has 0 atom stereocenters. The molecule has 0 spiro atoms. The highest BCUT2D eigenvalue weighted by Crippen LogP contribution is 2.36. The molecule has 0 bridgehead atoms. The molecule has 1 aromatic heterocycles. The average molecular weight is 384 g/mol. The van der Waals surface area contributed by atoms with Crippen molar-refractivity contribution in [2.24, 2.45) is 0 Å². The van der Waals surface area contributed by atoms with Gasteiger partial charge >= 0.3 is 11.6 Å². The number of aryl methyl sites for hydroxylation is 1. The summed E-state index contributed by atoms with van der Waals surface area (Å²) in [5.74, 6) is -0.386. The number of carbonyl (C=O) groups is 1. The van der Waals surface area contributed by atoms with E-state index in [1.54, 1.807) is 31.2 Å². The second-order valence-electron chi connectivity index (χ2n) is 6.80. The third kappa shape index (κ3) is 3.57. The molecule has 0 fully saturated rings. The van der Waals surface area contributed by atoms with Crippen LogP contribution in [0.2, 0.25) is 0 Å². The monoisotopic (exact) mass is 384 g/mol. The van der Waals surface area contributed by atoms with Gasteiger partial charge in [0.15, 0.2) is 0 Å². The van der Waals surface area contributed by atoms with E-state index in [-0.39, 0.29) is 5.97 Å². The van der Waals surface area contributed by atoms with E-state index in [0.717, 1.165) is 22.1 Å². The molecule has 1 heterocycles. The first kappa shape index (κ1) is 18.7. The van der Waals surface area contributed by atoms with E-state index >= 15 is 0 Å². The smallest absolute Gasteiger partial charge is 0.344 e. The molecule has 3 aromatic carbocycles. The number of esters is 1. The molecule has 0 saturated heterocycles. The summed E-state index contributed by atoms with van der Waals surface area (Å²) in [6.07, 6.45) is 0. The van der Waals surface area contributed by atoms with E-state index < -0.39 is 5.63 Å². The maximum Gasteiger partial charge on any atom is 0.344 e. The van der Waals surface area contributed by atoms with Gasteiger partial charge in [0.05, 0.1) is 17.7 Å². The van der Waals surface area contributed by atoms with Gasteiger partial charge < -0.3 is 9.15 Å². The highest BCUT2D eigenvalue weighted by atomic mass is 16.5. The Kier molecular flexibility index (Phi) is 5.00. The summed E-state index contributed by atoms with van der Waals surface area (Å²) in [6, 6.07) is 22.5. The summed E-state index contributed by atoms with van der Waals surface area (Å²) in [7, 11) is 0. The maximum absolute atomic E-state index is 13.0. The minimum Gasteiger partial charge on any atom is -0.462 e. The highest BCUT2D eigenvalue weighted by Gasteiger charge is 2.18. The highest BCUT2D eigenvalue weighted by molar-refractivity contribution is 6.01. The standard InChI is InChI=1S/C25H20O4/c1-3-28-24(26)19-12-10-18(11-13-19)23-22(17-7-5-4-6-8-17)20-14-9-16(2)15-21(20)29-25(23)27/h4-15H,3H2,1-2H3. The van der Waals surface area contributed by atoms with Crippen molar-refractivity contribution in [3.63, 3.8) is 0 Å². The number of ether oxygens (including phenoxy) is 1. The van der Waals surface area contributed by atoms with Crippen LogP contribution in [-0.4, -0.2) is 12.6 Å². The van der Waals surface area contributed by atoms with Gasteiger partial charge in [-0.25, -0.2) is 9.59 Å². The second-order valence-corrected chi connectivity index (χ2v) is 6.80. The molecule has 4 nitrogen and oxygen atoms in total. The van der Waals surface area contributed by atoms with Crippen molar-refractivity contribution in [2.75, 3.05) is 6.61 Å². The predicted molar refractivity (Wildman–Crippen MR) is 114 cm³/mol. The van der Waals surface area contributed by atoms with E-state index in [9.17, 15) is 9.59 Å². The number of fused-ring (bicyclic) bond motifs is 1. The zero-order chi connectivity index (χ0) is 20.4. The fraction of sp³-hybridized carbons (Fsp3) is 0.120. The zero-order valence-electron chi connectivity index (χ0n) is 16.3. The van der Waals surface area contributed by atoms with E-state index in [0.29, 0.717) is 28.9 Å². The quantitative estimate of drug-likeness (QED) is 0.339. The van der Waals surface area contributed by atoms with Crippen molar-refractivity contribution in [2.45, 2.75) is 13.8 Å². The predicted octanol–water partition coefficient (Wildman–Crippen LogP) is 5.61. The number of carbonyl (C=O) groups excluding carboxylic acids is 1. The molecule has 0 unspecified atom stereocenters. The minimum absolute atomic E-state index is 0.312. The van der Waals surface area contributed by atoms with Crippen LogP contribution in [0.4, 0.5) is 0 Å². The fourth-order valence-corrected chi connectivity index (χ4v) is 3.46. The van der Waals surface area contributed by atoms with Crippen molar-refractivity contribution in [1.82, 2.24) is 0 Å². The summed E-state index contributed by atoms with van der Waals surface area (Å²) in [5, 5.41) is 0.867. The maximum atomic E-state index is 13.0. The van der Waals surface area contributed by atoms with Gasteiger partial charge in [0.25, 0.3) is 0 Å². The first-order chi connectivity index (χ1) is 14.1. The van der Waals surface area contributed by atoms with Gasteiger partial charge in [0, 0.05) is 10.9 Å². The minimum atomic E-state index is -0.411. The molecule has 29 heavy (non-hydrogen) atoms. The molecule has 0 radical (unpaired) electrons. The van der Waals surface area contributed by atoms with Crippen LogP contribution in [0.15, 0.2) is 82.0 Å². The van der Waals surface area contributed by atoms with Crippen molar-refractivity contribution >= 4 is 16.9 Å². The lowest BCUT2D eigenvalue weighted by atomic mass is 9.92. The van der Waals surface area contributed by atoms with Crippen molar-refractivity contribution in [3.05, 3.63) is 94.3 Å². The number of hydrogen-bond acceptors (Lipinski definition) is 4. The van der Waals surface area contributed by atoms with Gasteiger partial charge in [-0.1, -0.05) is 54.6 Å². The van der Waals surface area contributed by atoms with Crippen LogP contribution in [0.5, 0.6) is 0 Å². The molecule has 4 heteroatoms. The molecular weight excluding hydrogens is 364 g/mol. The Labute approximate surface area is 168 Å². The molecule has 0 saturated carbocycles. The molecule has 144 valence electrons. The Balaban J connectivity index is 1.97. The molecule has 0 N–H and O–H groups in total. The van der Waals surface area contributed by atoms with Gasteiger partial charge in [-0.2, -0.15) is 0 Å². The number of hydrogen-bond donors (Lipinski definition) is 0. The summed E-state index contributed by atoms with van der Waals surface area (Å²) in [4.78, 5) is 25.0. The largest absolute Gasteiger partial charge is 0.462 e. The van der Waals surface area contributed by atoms with Crippen LogP contribution < -0.4 is 5.63 Å². The van der Waals surface area contributed by atoms with Crippen molar-refractivity contribution in [1.29, 1.82) is 0 Å². The van der Waals surface area contributed by atoms with Crippen LogP contribution in [-0.2, 0) is 4.74 Å². The second kappa shape index (κ2) is 7.76. The van der Waals surface area contributed by atoms with E-state index in [1.807, 2.05) is 55.5 Å². The lowest BCUT2D eigenvalue weighted by Gasteiger charge is -2.13. The van der Waals surface area contributed by atoms with Crippen LogP contribution in [0, 0.1) is 6.92 Å². The molecule has 0 amide bonds. The summed E-state index contributed by atoms with van der Waals surface area (Å²) < 4.78 is 10.7. The van der Waals surface area contributed by atoms with Crippen molar-refractivity contribution in [3.8, 4) is 22.3 Å². The van der Waals surface area contributed by atoms with Crippen LogP contribution in [0.1, 0.15) is 22.8 Å². The van der Waals surface area contributed by atoms with E-state index in [4.69, 9.17) is 9.15 Å². The Morgan fingerprint density at radius 3 is 2.28 bits per heavy atom. The van der Waals surface area contributed by atoms with Gasteiger partial charge in [0.1, 0.15) is 5.58 Å². The lowest BCUT2D eigenvalue weighted by molar-refractivity contribution is 0.0526. The third-order valence-electron chi connectivity index (χ3n) is 4.81. The van der Waals surface area contributed by atoms with E-state index in [1.165, 1.54) is 0 Å². The number of benzene rings is 3. The first-order valence-electron chi connectivity index (χ1n) is 9.49. The molecule has 4 rings (SSSR count). The Morgan fingerprint density at radius 1 is 0.897 bits per heavy atom. The summed E-state index contributed by atoms with van der Waals surface area (Å²) in [6.45, 7) is 4.04. The SMILES string of the molecule is CCOC(=O)c1ccc(-c2c(-c3ccccc3)c3ccc(C)cc3oc2=O)cc1. The van der Waals surface area contributed by atoms with Crippen molar-refractivity contribution < 1.29 is 13.9 Å². The summed E-state index contributed by atoms with van der Waals surface area (Å²) >= 11 is 0. The van der Waals surface area contributed by atoms with E-state index in [2.05, 4.69) is 0 Å². The van der Waals surface area contributed by atoms with Gasteiger partial charge in [-0.15, -0.1) is 0 Å². The fourth-order valence-electron chi connectivity index (χ4n) is 3.46. The van der Waals surface area contributed by atoms with Crippen LogP contribution in [0.3, 0.4) is 0 Å². The Morgan fingerprint density at radius 2 is 1.59 bits per heavy atom. The molecule has 4 aromatic rings. The number of rotatable bonds is 4. The topological polar surface area (TPSA) is 56.5 Å². The molecule has 0 aliphatic carbocycles. The normalized spacial score (nSPS) is 10.8. The Hall–Kier alpha value is -3.66.